The van der Waals surface area contributed by atoms with E-state index in [2.05, 4.69) is 11.4 Å². The Hall–Kier alpha value is -2.99. The van der Waals surface area contributed by atoms with Crippen LogP contribution in [-0.2, 0) is 17.9 Å². The van der Waals surface area contributed by atoms with Crippen molar-refractivity contribution in [3.05, 3.63) is 99.0 Å². The summed E-state index contributed by atoms with van der Waals surface area (Å²) in [7, 11) is 1.66. The van der Waals surface area contributed by atoms with Crippen LogP contribution in [0.4, 0.5) is 0 Å². The molecule has 192 valence electrons. The van der Waals surface area contributed by atoms with Gasteiger partial charge in [-0.05, 0) is 66.8 Å². The van der Waals surface area contributed by atoms with E-state index in [1.54, 1.807) is 13.2 Å². The molecule has 0 saturated heterocycles. The van der Waals surface area contributed by atoms with Crippen molar-refractivity contribution in [1.29, 1.82) is 0 Å². The lowest BCUT2D eigenvalue weighted by Gasteiger charge is -2.28. The Bertz CT molecular complexity index is 1320. The molecule has 1 amide bonds. The third kappa shape index (κ3) is 5.96. The van der Waals surface area contributed by atoms with Crippen molar-refractivity contribution >= 4 is 34.7 Å². The Morgan fingerprint density at radius 3 is 2.62 bits per heavy atom. The average molecular weight is 537 g/mol. The number of benzene rings is 3. The number of rotatable bonds is 9. The zero-order valence-electron chi connectivity index (χ0n) is 20.8. The van der Waals surface area contributed by atoms with Gasteiger partial charge in [0.1, 0.15) is 18.1 Å². The van der Waals surface area contributed by atoms with Gasteiger partial charge in [-0.15, -0.1) is 0 Å². The zero-order chi connectivity index (χ0) is 25.8. The van der Waals surface area contributed by atoms with E-state index in [1.807, 2.05) is 59.5 Å². The smallest absolute Gasteiger partial charge is 0.251 e. The Labute approximate surface area is 228 Å². The molecular weight excluding hydrogens is 507 g/mol. The van der Waals surface area contributed by atoms with E-state index >= 15 is 0 Å². The van der Waals surface area contributed by atoms with Crippen molar-refractivity contribution < 1.29 is 14.3 Å². The van der Waals surface area contributed by atoms with E-state index in [0.29, 0.717) is 29.7 Å². The fraction of sp³-hybridized carbons (Fsp3) is 0.300. The summed E-state index contributed by atoms with van der Waals surface area (Å²) in [4.78, 5) is 15.9. The van der Waals surface area contributed by atoms with Crippen LogP contribution in [0.2, 0.25) is 10.0 Å². The Kier molecular flexibility index (Phi) is 8.04. The van der Waals surface area contributed by atoms with Gasteiger partial charge >= 0.3 is 0 Å². The van der Waals surface area contributed by atoms with Gasteiger partial charge < -0.3 is 19.7 Å². The molecule has 1 N–H and O–H groups in total. The number of methoxy groups -OCH3 is 1. The highest BCUT2D eigenvalue weighted by molar-refractivity contribution is 6.42. The SMILES string of the molecule is COc1ccccc1COc1cccc(C2=C(C(=O)N(Cc3cccc(Cl)c3Cl)C3CC3)CNCC2)c1. The number of amides is 1. The second-order valence-corrected chi connectivity index (χ2v) is 10.2. The first-order valence-corrected chi connectivity index (χ1v) is 13.3. The molecule has 1 heterocycles. The molecule has 0 aromatic heterocycles. The van der Waals surface area contributed by atoms with Crippen molar-refractivity contribution in [3.63, 3.8) is 0 Å². The van der Waals surface area contributed by atoms with Crippen molar-refractivity contribution in [3.8, 4) is 11.5 Å². The summed E-state index contributed by atoms with van der Waals surface area (Å²) in [5, 5.41) is 4.41. The predicted octanol–water partition coefficient (Wildman–Crippen LogP) is 6.52. The number of nitrogens with one attached hydrogen (secondary N) is 1. The van der Waals surface area contributed by atoms with E-state index < -0.39 is 0 Å². The summed E-state index contributed by atoms with van der Waals surface area (Å²) in [6.45, 7) is 2.20. The highest BCUT2D eigenvalue weighted by Gasteiger charge is 2.35. The largest absolute Gasteiger partial charge is 0.496 e. The third-order valence-electron chi connectivity index (χ3n) is 6.87. The molecule has 2 aliphatic rings. The van der Waals surface area contributed by atoms with Crippen LogP contribution in [0.3, 0.4) is 0 Å². The molecular formula is C30H30Cl2N2O3. The molecule has 0 spiro atoms. The molecule has 5 rings (SSSR count). The van der Waals surface area contributed by atoms with Gasteiger partial charge in [-0.1, -0.05) is 65.7 Å². The lowest BCUT2D eigenvalue weighted by Crippen LogP contribution is -2.39. The van der Waals surface area contributed by atoms with Crippen LogP contribution < -0.4 is 14.8 Å². The Morgan fingerprint density at radius 1 is 1.03 bits per heavy atom. The third-order valence-corrected chi connectivity index (χ3v) is 7.72. The van der Waals surface area contributed by atoms with Gasteiger partial charge in [-0.25, -0.2) is 0 Å². The highest BCUT2D eigenvalue weighted by atomic mass is 35.5. The van der Waals surface area contributed by atoms with Crippen LogP contribution in [0.1, 0.15) is 36.0 Å². The van der Waals surface area contributed by atoms with Crippen molar-refractivity contribution in [2.45, 2.75) is 38.5 Å². The maximum Gasteiger partial charge on any atom is 0.251 e. The van der Waals surface area contributed by atoms with Crippen LogP contribution in [0.5, 0.6) is 11.5 Å². The van der Waals surface area contributed by atoms with Crippen LogP contribution in [0.15, 0.2) is 72.3 Å². The van der Waals surface area contributed by atoms with Crippen LogP contribution in [0.25, 0.3) is 5.57 Å². The van der Waals surface area contributed by atoms with E-state index in [1.165, 1.54) is 0 Å². The average Bonchev–Trinajstić information content (AvgIpc) is 3.78. The Morgan fingerprint density at radius 2 is 1.81 bits per heavy atom. The molecule has 1 aliphatic carbocycles. The van der Waals surface area contributed by atoms with Gasteiger partial charge in [0, 0.05) is 30.3 Å². The molecule has 1 fully saturated rings. The summed E-state index contributed by atoms with van der Waals surface area (Å²) >= 11 is 12.7. The summed E-state index contributed by atoms with van der Waals surface area (Å²) in [5.74, 6) is 1.61. The molecule has 3 aromatic rings. The summed E-state index contributed by atoms with van der Waals surface area (Å²) in [5.41, 5.74) is 4.73. The second-order valence-electron chi connectivity index (χ2n) is 9.39. The maximum atomic E-state index is 13.9. The predicted molar refractivity (Wildman–Crippen MR) is 148 cm³/mol. The molecule has 1 aliphatic heterocycles. The summed E-state index contributed by atoms with van der Waals surface area (Å²) in [6, 6.07) is 21.7. The summed E-state index contributed by atoms with van der Waals surface area (Å²) in [6.07, 6.45) is 2.78. The normalized spacial score (nSPS) is 15.4. The molecule has 7 heteroatoms. The topological polar surface area (TPSA) is 50.8 Å². The van der Waals surface area contributed by atoms with Gasteiger partial charge in [0.05, 0.1) is 17.2 Å². The van der Waals surface area contributed by atoms with E-state index in [9.17, 15) is 4.79 Å². The molecule has 3 aromatic carbocycles. The number of carbonyl (C=O) groups is 1. The quantitative estimate of drug-likeness (QED) is 0.338. The lowest BCUT2D eigenvalue weighted by atomic mass is 9.93. The van der Waals surface area contributed by atoms with Crippen LogP contribution in [0, 0.1) is 0 Å². The molecule has 0 atom stereocenters. The second kappa shape index (κ2) is 11.6. The van der Waals surface area contributed by atoms with Gasteiger partial charge in [0.2, 0.25) is 0 Å². The first kappa shape index (κ1) is 25.7. The minimum atomic E-state index is 0.0566. The minimum absolute atomic E-state index is 0.0566. The van der Waals surface area contributed by atoms with Gasteiger partial charge in [-0.3, -0.25) is 4.79 Å². The van der Waals surface area contributed by atoms with Crippen molar-refractivity contribution in [1.82, 2.24) is 10.2 Å². The molecule has 0 radical (unpaired) electrons. The number of nitrogens with zero attached hydrogens (tertiary/aromatic N) is 1. The van der Waals surface area contributed by atoms with E-state index in [-0.39, 0.29) is 11.9 Å². The molecule has 37 heavy (non-hydrogen) atoms. The fourth-order valence-corrected chi connectivity index (χ4v) is 5.12. The van der Waals surface area contributed by atoms with Crippen LogP contribution >= 0.6 is 23.2 Å². The van der Waals surface area contributed by atoms with Crippen molar-refractivity contribution in [2.24, 2.45) is 0 Å². The van der Waals surface area contributed by atoms with Gasteiger partial charge in [-0.2, -0.15) is 0 Å². The fourth-order valence-electron chi connectivity index (χ4n) is 4.74. The number of para-hydroxylation sites is 1. The molecule has 1 saturated carbocycles. The Balaban J connectivity index is 1.40. The van der Waals surface area contributed by atoms with Crippen molar-refractivity contribution in [2.75, 3.05) is 20.2 Å². The minimum Gasteiger partial charge on any atom is -0.496 e. The first-order chi connectivity index (χ1) is 18.0. The number of hydrogen-bond acceptors (Lipinski definition) is 4. The molecule has 0 bridgehead atoms. The first-order valence-electron chi connectivity index (χ1n) is 12.6. The number of hydrogen-bond donors (Lipinski definition) is 1. The standard InChI is InChI=1S/C30H30Cl2N2O3/c1-36-28-11-3-2-6-22(28)19-37-24-9-4-7-20(16-24)25-14-15-33-17-26(25)30(35)34(23-12-13-23)18-21-8-5-10-27(31)29(21)32/h2-11,16,23,33H,12-15,17-19H2,1H3. The number of carbonyl (C=O) groups excluding carboxylic acids is 1. The molecule has 0 unspecified atom stereocenters. The van der Waals surface area contributed by atoms with E-state index in [0.717, 1.165) is 65.1 Å². The number of ether oxygens (including phenoxy) is 2. The summed E-state index contributed by atoms with van der Waals surface area (Å²) < 4.78 is 11.6. The molecule has 5 nitrogen and oxygen atoms in total. The monoisotopic (exact) mass is 536 g/mol. The zero-order valence-corrected chi connectivity index (χ0v) is 22.3. The lowest BCUT2D eigenvalue weighted by molar-refractivity contribution is -0.128. The maximum absolute atomic E-state index is 13.9. The van der Waals surface area contributed by atoms with Crippen LogP contribution in [-0.4, -0.2) is 37.0 Å². The number of halogens is 2. The van der Waals surface area contributed by atoms with Gasteiger partial charge in [0.25, 0.3) is 5.91 Å². The van der Waals surface area contributed by atoms with E-state index in [4.69, 9.17) is 32.7 Å². The van der Waals surface area contributed by atoms with Gasteiger partial charge in [0.15, 0.2) is 0 Å². The highest BCUT2D eigenvalue weighted by Crippen LogP contribution is 2.35.